The number of anilines is 1. The van der Waals surface area contributed by atoms with Crippen molar-refractivity contribution in [3.05, 3.63) is 29.3 Å². The highest BCUT2D eigenvalue weighted by molar-refractivity contribution is 5.96. The second-order valence-corrected chi connectivity index (χ2v) is 5.82. The number of aryl methyl sites for hydroxylation is 1. The first-order valence-electron chi connectivity index (χ1n) is 6.48. The lowest BCUT2D eigenvalue weighted by atomic mass is 9.98. The van der Waals surface area contributed by atoms with Crippen molar-refractivity contribution in [1.29, 1.82) is 0 Å². The van der Waals surface area contributed by atoms with Gasteiger partial charge in [-0.2, -0.15) is 0 Å². The molecule has 2 N–H and O–H groups in total. The van der Waals surface area contributed by atoms with Gasteiger partial charge in [0, 0.05) is 24.3 Å². The normalized spacial score (nSPS) is 17.3. The van der Waals surface area contributed by atoms with Crippen LogP contribution in [0.3, 0.4) is 0 Å². The van der Waals surface area contributed by atoms with Crippen LogP contribution >= 0.6 is 12.4 Å². The zero-order chi connectivity index (χ0) is 13.5. The third kappa shape index (κ3) is 3.03. The smallest absolute Gasteiger partial charge is 0.254 e. The van der Waals surface area contributed by atoms with E-state index in [1.54, 1.807) is 6.07 Å². The Morgan fingerprint density at radius 2 is 2.00 bits per heavy atom. The van der Waals surface area contributed by atoms with Crippen molar-refractivity contribution in [2.45, 2.75) is 39.7 Å². The molecule has 1 aliphatic carbocycles. The monoisotopic (exact) mass is 282 g/mol. The summed E-state index contributed by atoms with van der Waals surface area (Å²) in [6.45, 7) is 6.32. The van der Waals surface area contributed by atoms with Crippen LogP contribution in [-0.4, -0.2) is 23.9 Å². The van der Waals surface area contributed by atoms with Gasteiger partial charge in [-0.1, -0.05) is 13.0 Å². The maximum atomic E-state index is 12.5. The van der Waals surface area contributed by atoms with E-state index in [1.807, 2.05) is 31.0 Å². The number of hydrogen-bond donors (Lipinski definition) is 1. The second-order valence-electron chi connectivity index (χ2n) is 5.82. The molecule has 0 spiro atoms. The molecule has 1 aromatic carbocycles. The summed E-state index contributed by atoms with van der Waals surface area (Å²) in [7, 11) is 1.89. The maximum absolute atomic E-state index is 12.5. The van der Waals surface area contributed by atoms with E-state index in [0.717, 1.165) is 5.56 Å². The van der Waals surface area contributed by atoms with Crippen LogP contribution in [0.15, 0.2) is 18.2 Å². The fourth-order valence-corrected chi connectivity index (χ4v) is 2.32. The van der Waals surface area contributed by atoms with Gasteiger partial charge in [0.05, 0.1) is 0 Å². The fraction of sp³-hybridized carbons (Fsp3) is 0.533. The highest BCUT2D eigenvalue weighted by Gasteiger charge is 2.45. The van der Waals surface area contributed by atoms with Crippen molar-refractivity contribution < 1.29 is 4.79 Å². The van der Waals surface area contributed by atoms with E-state index in [9.17, 15) is 4.79 Å². The molecule has 0 radical (unpaired) electrons. The van der Waals surface area contributed by atoms with Crippen molar-refractivity contribution in [1.82, 2.24) is 4.90 Å². The third-order valence-electron chi connectivity index (χ3n) is 4.44. The van der Waals surface area contributed by atoms with Crippen molar-refractivity contribution >= 4 is 24.0 Å². The standard InChI is InChI=1S/C15H22N2O.ClH/c1-10-5-6-12(16)9-13(10)14(18)17(4)11(2)15(3)7-8-15;/h5-6,9,11H,7-8,16H2,1-4H3;1H. The van der Waals surface area contributed by atoms with Crippen LogP contribution in [-0.2, 0) is 0 Å². The van der Waals surface area contributed by atoms with Gasteiger partial charge in [0.2, 0.25) is 0 Å². The van der Waals surface area contributed by atoms with Crippen LogP contribution in [0.4, 0.5) is 5.69 Å². The molecule has 1 fully saturated rings. The number of amides is 1. The molecule has 0 aromatic heterocycles. The number of benzene rings is 1. The molecular weight excluding hydrogens is 260 g/mol. The van der Waals surface area contributed by atoms with E-state index in [4.69, 9.17) is 5.73 Å². The van der Waals surface area contributed by atoms with Gasteiger partial charge in [-0.15, -0.1) is 12.4 Å². The summed E-state index contributed by atoms with van der Waals surface area (Å²) in [6, 6.07) is 5.78. The molecular formula is C15H23ClN2O. The molecule has 2 rings (SSSR count). The van der Waals surface area contributed by atoms with Gasteiger partial charge in [-0.05, 0) is 49.8 Å². The van der Waals surface area contributed by atoms with Gasteiger partial charge < -0.3 is 10.6 Å². The third-order valence-corrected chi connectivity index (χ3v) is 4.44. The molecule has 1 amide bonds. The Kier molecular flexibility index (Phi) is 4.51. The number of nitrogens with zero attached hydrogens (tertiary/aromatic N) is 1. The van der Waals surface area contributed by atoms with E-state index in [-0.39, 0.29) is 24.4 Å². The number of nitrogens with two attached hydrogens (primary N) is 1. The van der Waals surface area contributed by atoms with Crippen molar-refractivity contribution in [3.8, 4) is 0 Å². The molecule has 19 heavy (non-hydrogen) atoms. The predicted octanol–water partition coefficient (Wildman–Crippen LogP) is 3.26. The molecule has 3 nitrogen and oxygen atoms in total. The lowest BCUT2D eigenvalue weighted by Gasteiger charge is -2.30. The molecule has 1 unspecified atom stereocenters. The van der Waals surface area contributed by atoms with Gasteiger partial charge in [0.15, 0.2) is 0 Å². The van der Waals surface area contributed by atoms with Gasteiger partial charge >= 0.3 is 0 Å². The van der Waals surface area contributed by atoms with Crippen LogP contribution < -0.4 is 5.73 Å². The Balaban J connectivity index is 0.00000180. The van der Waals surface area contributed by atoms with Gasteiger partial charge in [-0.25, -0.2) is 0 Å². The minimum absolute atomic E-state index is 0. The summed E-state index contributed by atoms with van der Waals surface area (Å²) >= 11 is 0. The molecule has 1 aromatic rings. The molecule has 4 heteroatoms. The summed E-state index contributed by atoms with van der Waals surface area (Å²) in [4.78, 5) is 14.4. The molecule has 1 atom stereocenters. The van der Waals surface area contributed by atoms with Crippen LogP contribution in [0.25, 0.3) is 0 Å². The number of hydrogen-bond acceptors (Lipinski definition) is 2. The summed E-state index contributed by atoms with van der Waals surface area (Å²) in [5.74, 6) is 0.0698. The number of carbonyl (C=O) groups is 1. The van der Waals surface area contributed by atoms with Crippen molar-refractivity contribution in [3.63, 3.8) is 0 Å². The average molecular weight is 283 g/mol. The van der Waals surface area contributed by atoms with E-state index < -0.39 is 0 Å². The topological polar surface area (TPSA) is 46.3 Å². The van der Waals surface area contributed by atoms with Crippen molar-refractivity contribution in [2.24, 2.45) is 5.41 Å². The number of carbonyl (C=O) groups excluding carboxylic acids is 1. The Labute approximate surface area is 121 Å². The molecule has 1 aliphatic rings. The van der Waals surface area contributed by atoms with E-state index in [0.29, 0.717) is 16.7 Å². The largest absolute Gasteiger partial charge is 0.399 e. The summed E-state index contributed by atoms with van der Waals surface area (Å²) < 4.78 is 0. The number of rotatable bonds is 3. The molecule has 0 saturated heterocycles. The number of halogens is 1. The Hall–Kier alpha value is -1.22. The first-order valence-corrected chi connectivity index (χ1v) is 6.48. The van der Waals surface area contributed by atoms with Crippen LogP contribution in [0.1, 0.15) is 42.6 Å². The average Bonchev–Trinajstić information content (AvgIpc) is 3.09. The Morgan fingerprint density at radius 1 is 1.42 bits per heavy atom. The molecule has 0 bridgehead atoms. The van der Waals surface area contributed by atoms with Crippen LogP contribution in [0.2, 0.25) is 0 Å². The quantitative estimate of drug-likeness (QED) is 0.865. The van der Waals surface area contributed by atoms with E-state index in [1.165, 1.54) is 12.8 Å². The minimum atomic E-state index is 0. The van der Waals surface area contributed by atoms with Crippen molar-refractivity contribution in [2.75, 3.05) is 12.8 Å². The van der Waals surface area contributed by atoms with Gasteiger partial charge in [0.1, 0.15) is 0 Å². The molecule has 1 saturated carbocycles. The molecule has 106 valence electrons. The zero-order valence-corrected chi connectivity index (χ0v) is 12.9. The Morgan fingerprint density at radius 3 is 2.53 bits per heavy atom. The first kappa shape index (κ1) is 15.8. The van der Waals surface area contributed by atoms with E-state index in [2.05, 4.69) is 13.8 Å². The fourth-order valence-electron chi connectivity index (χ4n) is 2.32. The highest BCUT2D eigenvalue weighted by atomic mass is 35.5. The molecule has 0 aliphatic heterocycles. The van der Waals surface area contributed by atoms with Gasteiger partial charge in [-0.3, -0.25) is 4.79 Å². The zero-order valence-electron chi connectivity index (χ0n) is 12.1. The summed E-state index contributed by atoms with van der Waals surface area (Å²) in [5, 5.41) is 0. The SMILES string of the molecule is Cc1ccc(N)cc1C(=O)N(C)C(C)C1(C)CC1.Cl. The van der Waals surface area contributed by atoms with Crippen LogP contribution in [0.5, 0.6) is 0 Å². The summed E-state index contributed by atoms with van der Waals surface area (Å²) in [5.41, 5.74) is 8.41. The lowest BCUT2D eigenvalue weighted by Crippen LogP contribution is -2.40. The number of nitrogen functional groups attached to an aromatic ring is 1. The predicted molar refractivity (Wildman–Crippen MR) is 81.7 cm³/mol. The summed E-state index contributed by atoms with van der Waals surface area (Å²) in [6.07, 6.45) is 2.42. The van der Waals surface area contributed by atoms with Crippen LogP contribution in [0, 0.1) is 12.3 Å². The highest BCUT2D eigenvalue weighted by Crippen LogP contribution is 2.49. The molecule has 0 heterocycles. The minimum Gasteiger partial charge on any atom is -0.399 e. The second kappa shape index (κ2) is 5.41. The van der Waals surface area contributed by atoms with Gasteiger partial charge in [0.25, 0.3) is 5.91 Å². The lowest BCUT2D eigenvalue weighted by molar-refractivity contribution is 0.0684. The Bertz CT molecular complexity index is 483. The first-order chi connectivity index (χ1) is 8.35. The van der Waals surface area contributed by atoms with E-state index >= 15 is 0 Å². The maximum Gasteiger partial charge on any atom is 0.254 e.